The van der Waals surface area contributed by atoms with Gasteiger partial charge in [-0.05, 0) is 30.7 Å². The molecule has 1 aliphatic rings. The quantitative estimate of drug-likeness (QED) is 0.816. The van der Waals surface area contributed by atoms with Gasteiger partial charge in [-0.1, -0.05) is 6.07 Å². The highest BCUT2D eigenvalue weighted by atomic mass is 32.1. The van der Waals surface area contributed by atoms with E-state index < -0.39 is 5.97 Å². The Labute approximate surface area is 149 Å². The molecular weight excluding hydrogens is 340 g/mol. The molecule has 0 atom stereocenters. The minimum absolute atomic E-state index is 0.0193. The Kier molecular flexibility index (Phi) is 5.60. The topological polar surface area (TPSA) is 95.4 Å². The van der Waals surface area contributed by atoms with Gasteiger partial charge in [-0.2, -0.15) is 0 Å². The molecule has 0 aromatic carbocycles. The van der Waals surface area contributed by atoms with E-state index in [0.717, 1.165) is 19.3 Å². The lowest BCUT2D eigenvalue weighted by Crippen LogP contribution is -2.41. The van der Waals surface area contributed by atoms with Crippen molar-refractivity contribution in [2.24, 2.45) is 5.92 Å². The third kappa shape index (κ3) is 4.54. The van der Waals surface area contributed by atoms with Crippen LogP contribution < -0.4 is 10.2 Å². The Balaban J connectivity index is 1.44. The lowest BCUT2D eigenvalue weighted by molar-refractivity contribution is -0.125. The molecule has 1 aliphatic heterocycles. The zero-order chi connectivity index (χ0) is 17.6. The molecule has 0 spiro atoms. The standard InChI is InChI=1S/C17H20N4O3S/c22-16(18-6-3-13-2-1-9-25-13)12-4-7-21(8-5-12)15-11-19-14(10-20-15)17(23)24/h1-2,9-12H,3-8H2,(H,18,22)(H,23,24). The maximum atomic E-state index is 12.3. The number of piperidine rings is 1. The normalized spacial score (nSPS) is 15.1. The molecule has 0 unspecified atom stereocenters. The number of hydrogen-bond donors (Lipinski definition) is 2. The number of carbonyl (C=O) groups excluding carboxylic acids is 1. The second-order valence-corrected chi connectivity index (χ2v) is 6.98. The molecule has 2 N–H and O–H groups in total. The summed E-state index contributed by atoms with van der Waals surface area (Å²) in [4.78, 5) is 34.4. The van der Waals surface area contributed by atoms with E-state index in [1.807, 2.05) is 16.3 Å². The van der Waals surface area contributed by atoms with Crippen LogP contribution in [0.5, 0.6) is 0 Å². The average Bonchev–Trinajstić information content (AvgIpc) is 3.15. The van der Waals surface area contributed by atoms with Crippen LogP contribution in [0.4, 0.5) is 5.82 Å². The van der Waals surface area contributed by atoms with Gasteiger partial charge in [0.15, 0.2) is 5.69 Å². The van der Waals surface area contributed by atoms with Crippen LogP contribution in [0.25, 0.3) is 0 Å². The van der Waals surface area contributed by atoms with Crippen molar-refractivity contribution in [1.29, 1.82) is 0 Å². The molecule has 132 valence electrons. The number of carbonyl (C=O) groups is 2. The van der Waals surface area contributed by atoms with Crippen molar-refractivity contribution < 1.29 is 14.7 Å². The fourth-order valence-corrected chi connectivity index (χ4v) is 3.58. The first-order valence-corrected chi connectivity index (χ1v) is 9.12. The van der Waals surface area contributed by atoms with E-state index in [1.165, 1.54) is 17.3 Å². The molecule has 1 saturated heterocycles. The maximum absolute atomic E-state index is 12.3. The van der Waals surface area contributed by atoms with E-state index in [1.54, 1.807) is 11.3 Å². The highest BCUT2D eigenvalue weighted by molar-refractivity contribution is 7.09. The summed E-state index contributed by atoms with van der Waals surface area (Å²) in [5.41, 5.74) is -0.0660. The predicted octanol–water partition coefficient (Wildman–Crippen LogP) is 1.81. The first kappa shape index (κ1) is 17.3. The van der Waals surface area contributed by atoms with Crippen molar-refractivity contribution in [1.82, 2.24) is 15.3 Å². The van der Waals surface area contributed by atoms with Gasteiger partial charge in [-0.3, -0.25) is 4.79 Å². The van der Waals surface area contributed by atoms with Gasteiger partial charge >= 0.3 is 5.97 Å². The zero-order valence-electron chi connectivity index (χ0n) is 13.7. The molecule has 0 saturated carbocycles. The van der Waals surface area contributed by atoms with Gasteiger partial charge in [0.2, 0.25) is 5.91 Å². The third-order valence-corrected chi connectivity index (χ3v) is 5.23. The van der Waals surface area contributed by atoms with E-state index >= 15 is 0 Å². The van der Waals surface area contributed by atoms with Gasteiger partial charge in [0.1, 0.15) is 5.82 Å². The summed E-state index contributed by atoms with van der Waals surface area (Å²) in [6.07, 6.45) is 5.13. The smallest absolute Gasteiger partial charge is 0.356 e. The fraction of sp³-hybridized carbons (Fsp3) is 0.412. The van der Waals surface area contributed by atoms with Gasteiger partial charge in [0.25, 0.3) is 0 Å². The van der Waals surface area contributed by atoms with Crippen LogP contribution in [0.2, 0.25) is 0 Å². The second-order valence-electron chi connectivity index (χ2n) is 5.95. The lowest BCUT2D eigenvalue weighted by Gasteiger charge is -2.31. The summed E-state index contributed by atoms with van der Waals surface area (Å²) in [6.45, 7) is 2.09. The minimum Gasteiger partial charge on any atom is -0.476 e. The number of nitrogens with one attached hydrogen (secondary N) is 1. The monoisotopic (exact) mass is 360 g/mol. The molecule has 0 bridgehead atoms. The van der Waals surface area contributed by atoms with Crippen molar-refractivity contribution in [2.45, 2.75) is 19.3 Å². The first-order valence-electron chi connectivity index (χ1n) is 8.24. The highest BCUT2D eigenvalue weighted by Crippen LogP contribution is 2.21. The van der Waals surface area contributed by atoms with Crippen LogP contribution in [0.1, 0.15) is 28.2 Å². The third-order valence-electron chi connectivity index (χ3n) is 4.30. The molecule has 25 heavy (non-hydrogen) atoms. The molecule has 1 amide bonds. The number of nitrogens with zero attached hydrogens (tertiary/aromatic N) is 3. The fourth-order valence-electron chi connectivity index (χ4n) is 2.87. The number of aromatic carboxylic acids is 1. The Morgan fingerprint density at radius 2 is 2.08 bits per heavy atom. The minimum atomic E-state index is -1.09. The predicted molar refractivity (Wildman–Crippen MR) is 95.0 cm³/mol. The molecule has 3 rings (SSSR count). The highest BCUT2D eigenvalue weighted by Gasteiger charge is 2.25. The van der Waals surface area contributed by atoms with E-state index in [4.69, 9.17) is 5.11 Å². The molecule has 8 heteroatoms. The number of anilines is 1. The van der Waals surface area contributed by atoms with Crippen LogP contribution in [0, 0.1) is 5.92 Å². The van der Waals surface area contributed by atoms with E-state index in [-0.39, 0.29) is 17.5 Å². The molecule has 0 radical (unpaired) electrons. The van der Waals surface area contributed by atoms with Gasteiger partial charge < -0.3 is 15.3 Å². The largest absolute Gasteiger partial charge is 0.476 e. The zero-order valence-corrected chi connectivity index (χ0v) is 14.5. The molecule has 2 aromatic heterocycles. The number of amides is 1. The number of rotatable bonds is 6. The van der Waals surface area contributed by atoms with Crippen LogP contribution in [0.15, 0.2) is 29.9 Å². The van der Waals surface area contributed by atoms with Crippen molar-refractivity contribution in [3.8, 4) is 0 Å². The summed E-state index contributed by atoms with van der Waals surface area (Å²) in [6, 6.07) is 4.09. The van der Waals surface area contributed by atoms with Crippen LogP contribution in [0.3, 0.4) is 0 Å². The van der Waals surface area contributed by atoms with Gasteiger partial charge in [0.05, 0.1) is 12.4 Å². The number of thiophene rings is 1. The number of carboxylic acids is 1. The summed E-state index contributed by atoms with van der Waals surface area (Å²) in [5.74, 6) is -0.298. The lowest BCUT2D eigenvalue weighted by atomic mass is 9.96. The summed E-state index contributed by atoms with van der Waals surface area (Å²) >= 11 is 1.70. The van der Waals surface area contributed by atoms with Crippen molar-refractivity contribution in [2.75, 3.05) is 24.5 Å². The summed E-state index contributed by atoms with van der Waals surface area (Å²) in [7, 11) is 0. The number of aromatic nitrogens is 2. The summed E-state index contributed by atoms with van der Waals surface area (Å²) in [5, 5.41) is 13.9. The maximum Gasteiger partial charge on any atom is 0.356 e. The Hall–Kier alpha value is -2.48. The van der Waals surface area contributed by atoms with Gasteiger partial charge in [-0.25, -0.2) is 14.8 Å². The van der Waals surface area contributed by atoms with E-state index in [9.17, 15) is 9.59 Å². The van der Waals surface area contributed by atoms with Crippen LogP contribution >= 0.6 is 11.3 Å². The molecule has 3 heterocycles. The Morgan fingerprint density at radius 1 is 1.28 bits per heavy atom. The number of carboxylic acid groups (broad SMARTS) is 1. The Morgan fingerprint density at radius 3 is 2.68 bits per heavy atom. The number of hydrogen-bond acceptors (Lipinski definition) is 6. The molecule has 2 aromatic rings. The van der Waals surface area contributed by atoms with Crippen molar-refractivity contribution in [3.63, 3.8) is 0 Å². The summed E-state index contributed by atoms with van der Waals surface area (Å²) < 4.78 is 0. The average molecular weight is 360 g/mol. The second kappa shape index (κ2) is 8.06. The molecule has 7 nitrogen and oxygen atoms in total. The first-order chi connectivity index (χ1) is 12.1. The van der Waals surface area contributed by atoms with Crippen LogP contribution in [-0.2, 0) is 11.2 Å². The van der Waals surface area contributed by atoms with Crippen molar-refractivity contribution >= 4 is 29.0 Å². The molecular formula is C17H20N4O3S. The molecule has 0 aliphatic carbocycles. The van der Waals surface area contributed by atoms with E-state index in [2.05, 4.69) is 21.4 Å². The SMILES string of the molecule is O=C(O)c1cnc(N2CCC(C(=O)NCCc3cccs3)CC2)cn1. The van der Waals surface area contributed by atoms with Gasteiger partial charge in [0, 0.05) is 30.4 Å². The van der Waals surface area contributed by atoms with Crippen LogP contribution in [-0.4, -0.2) is 46.6 Å². The van der Waals surface area contributed by atoms with Gasteiger partial charge in [-0.15, -0.1) is 11.3 Å². The van der Waals surface area contributed by atoms with Crippen molar-refractivity contribution in [3.05, 3.63) is 40.5 Å². The Bertz CT molecular complexity index is 710. The van der Waals surface area contributed by atoms with E-state index in [0.29, 0.717) is 25.5 Å². The molecule has 1 fully saturated rings.